The maximum atomic E-state index is 12.8. The monoisotopic (exact) mass is 404 g/mol. The largest absolute Gasteiger partial charge is 0.496 e. The number of para-hydroxylation sites is 1. The zero-order chi connectivity index (χ0) is 21.1. The fraction of sp³-hybridized carbons (Fsp3) is 0.360. The summed E-state index contributed by atoms with van der Waals surface area (Å²) in [7, 11) is 1.66. The van der Waals surface area contributed by atoms with E-state index in [2.05, 4.69) is 11.1 Å². The minimum absolute atomic E-state index is 0.0409. The molecule has 2 aromatic carbocycles. The number of aliphatic hydroxyl groups is 1. The highest BCUT2D eigenvalue weighted by Gasteiger charge is 2.34. The summed E-state index contributed by atoms with van der Waals surface area (Å²) in [5.74, 6) is 0.982. The number of carbonyl (C=O) groups is 1. The molecule has 5 heteroatoms. The molecule has 1 N–H and O–H groups in total. The first-order valence-electron chi connectivity index (χ1n) is 10.5. The van der Waals surface area contributed by atoms with Crippen molar-refractivity contribution in [3.8, 4) is 5.75 Å². The van der Waals surface area contributed by atoms with Crippen LogP contribution in [-0.4, -0.2) is 47.2 Å². The van der Waals surface area contributed by atoms with Crippen molar-refractivity contribution in [2.45, 2.75) is 32.3 Å². The highest BCUT2D eigenvalue weighted by molar-refractivity contribution is 5.82. The molecule has 5 nitrogen and oxygen atoms in total. The number of nitrogens with zero attached hydrogens (tertiary/aromatic N) is 2. The number of pyridine rings is 1. The van der Waals surface area contributed by atoms with E-state index in [-0.39, 0.29) is 11.8 Å². The summed E-state index contributed by atoms with van der Waals surface area (Å²) in [5, 5.41) is 11.7. The molecule has 0 spiro atoms. The minimum Gasteiger partial charge on any atom is -0.496 e. The number of hydrogen-bond acceptors (Lipinski definition) is 4. The molecule has 1 aliphatic rings. The van der Waals surface area contributed by atoms with E-state index < -0.39 is 6.10 Å². The van der Waals surface area contributed by atoms with E-state index in [1.54, 1.807) is 7.11 Å². The molecular weight excluding hydrogens is 376 g/mol. The van der Waals surface area contributed by atoms with Gasteiger partial charge in [-0.15, -0.1) is 0 Å². The summed E-state index contributed by atoms with van der Waals surface area (Å²) in [6, 6.07) is 16.1. The Labute approximate surface area is 177 Å². The number of amides is 1. The molecule has 1 saturated heterocycles. The van der Waals surface area contributed by atoms with Gasteiger partial charge in [-0.2, -0.15) is 0 Å². The molecule has 1 aromatic heterocycles. The number of hydrogen-bond donors (Lipinski definition) is 1. The van der Waals surface area contributed by atoms with Crippen molar-refractivity contribution < 1.29 is 14.6 Å². The van der Waals surface area contributed by atoms with Crippen LogP contribution in [0, 0.1) is 12.8 Å². The molecule has 1 fully saturated rings. The number of fused-ring (bicyclic) bond motifs is 1. The van der Waals surface area contributed by atoms with Gasteiger partial charge in [0.15, 0.2) is 0 Å². The standard InChI is InChI=1S/C25H28N2O3/c1-17-7-8-18(13-24(17)30-2)9-10-25(29)27-15-20(23(28)16-27)14-19-11-12-26-22-6-4-3-5-21(19)22/h3-8,11-13,20,23,28H,9-10,14-16H2,1-2H3/t20-,23+/m1/s1. The fourth-order valence-corrected chi connectivity index (χ4v) is 4.30. The molecular formula is C25H28N2O3. The van der Waals surface area contributed by atoms with Crippen LogP contribution in [0.2, 0.25) is 0 Å². The lowest BCUT2D eigenvalue weighted by Crippen LogP contribution is -2.29. The van der Waals surface area contributed by atoms with E-state index in [0.29, 0.717) is 25.9 Å². The van der Waals surface area contributed by atoms with E-state index in [0.717, 1.165) is 34.2 Å². The summed E-state index contributed by atoms with van der Waals surface area (Å²) >= 11 is 0. The van der Waals surface area contributed by atoms with Crippen molar-refractivity contribution in [2.24, 2.45) is 5.92 Å². The van der Waals surface area contributed by atoms with Gasteiger partial charge < -0.3 is 14.7 Å². The Balaban J connectivity index is 1.38. The van der Waals surface area contributed by atoms with Crippen molar-refractivity contribution in [3.63, 3.8) is 0 Å². The van der Waals surface area contributed by atoms with Crippen LogP contribution in [0.5, 0.6) is 5.75 Å². The lowest BCUT2D eigenvalue weighted by atomic mass is 9.94. The van der Waals surface area contributed by atoms with Crippen molar-refractivity contribution in [2.75, 3.05) is 20.2 Å². The number of aliphatic hydroxyl groups excluding tert-OH is 1. The number of ether oxygens (including phenoxy) is 1. The molecule has 1 aliphatic heterocycles. The van der Waals surface area contributed by atoms with Crippen LogP contribution in [0.1, 0.15) is 23.1 Å². The van der Waals surface area contributed by atoms with Gasteiger partial charge in [0.2, 0.25) is 5.91 Å². The SMILES string of the molecule is COc1cc(CCC(=O)N2C[C@@H](Cc3ccnc4ccccc34)[C@@H](O)C2)ccc1C. The van der Waals surface area contributed by atoms with Crippen LogP contribution in [-0.2, 0) is 17.6 Å². The average molecular weight is 405 g/mol. The Hall–Kier alpha value is -2.92. The number of aryl methyl sites for hydroxylation is 2. The molecule has 0 radical (unpaired) electrons. The fourth-order valence-electron chi connectivity index (χ4n) is 4.30. The Bertz CT molecular complexity index is 1040. The van der Waals surface area contributed by atoms with E-state index in [1.165, 1.54) is 5.56 Å². The minimum atomic E-state index is -0.500. The average Bonchev–Trinajstić information content (AvgIpc) is 3.13. The van der Waals surface area contributed by atoms with Crippen LogP contribution in [0.15, 0.2) is 54.7 Å². The van der Waals surface area contributed by atoms with Gasteiger partial charge >= 0.3 is 0 Å². The highest BCUT2D eigenvalue weighted by Crippen LogP contribution is 2.26. The van der Waals surface area contributed by atoms with Crippen molar-refractivity contribution in [1.82, 2.24) is 9.88 Å². The van der Waals surface area contributed by atoms with Gasteiger partial charge in [-0.1, -0.05) is 30.3 Å². The van der Waals surface area contributed by atoms with Crippen LogP contribution in [0.3, 0.4) is 0 Å². The Morgan fingerprint density at radius 1 is 1.20 bits per heavy atom. The lowest BCUT2D eigenvalue weighted by molar-refractivity contribution is -0.130. The molecule has 30 heavy (non-hydrogen) atoms. The van der Waals surface area contributed by atoms with E-state index in [9.17, 15) is 9.90 Å². The third-order valence-electron chi connectivity index (χ3n) is 6.08. The summed E-state index contributed by atoms with van der Waals surface area (Å²) in [6.07, 6.45) is 3.16. The first-order valence-corrected chi connectivity index (χ1v) is 10.5. The van der Waals surface area contributed by atoms with Gasteiger partial charge in [-0.05, 0) is 54.7 Å². The van der Waals surface area contributed by atoms with Gasteiger partial charge in [0, 0.05) is 37.0 Å². The predicted molar refractivity (Wildman–Crippen MR) is 118 cm³/mol. The Kier molecular flexibility index (Phi) is 6.00. The third-order valence-corrected chi connectivity index (χ3v) is 6.08. The quantitative estimate of drug-likeness (QED) is 0.683. The highest BCUT2D eigenvalue weighted by atomic mass is 16.5. The molecule has 2 heterocycles. The molecule has 0 aliphatic carbocycles. The molecule has 1 amide bonds. The van der Waals surface area contributed by atoms with Crippen molar-refractivity contribution in [3.05, 3.63) is 71.4 Å². The van der Waals surface area contributed by atoms with Gasteiger partial charge in [-0.3, -0.25) is 9.78 Å². The van der Waals surface area contributed by atoms with Gasteiger partial charge in [0.05, 0.1) is 18.7 Å². The number of β-amino-alcohol motifs (C(OH)–C–C–N with tert-alkyl or cyclic N) is 1. The molecule has 0 bridgehead atoms. The van der Waals surface area contributed by atoms with Gasteiger partial charge in [0.1, 0.15) is 5.75 Å². The van der Waals surface area contributed by atoms with Crippen LogP contribution >= 0.6 is 0 Å². The normalized spacial score (nSPS) is 18.7. The first kappa shape index (κ1) is 20.4. The number of aromatic nitrogens is 1. The van der Waals surface area contributed by atoms with E-state index in [4.69, 9.17) is 4.74 Å². The number of benzene rings is 2. The van der Waals surface area contributed by atoms with Crippen LogP contribution in [0.4, 0.5) is 0 Å². The van der Waals surface area contributed by atoms with Gasteiger partial charge in [-0.25, -0.2) is 0 Å². The number of methoxy groups -OCH3 is 1. The zero-order valence-electron chi connectivity index (χ0n) is 17.5. The lowest BCUT2D eigenvalue weighted by Gasteiger charge is -2.17. The zero-order valence-corrected chi connectivity index (χ0v) is 17.5. The maximum absolute atomic E-state index is 12.8. The molecule has 0 unspecified atom stereocenters. The molecule has 0 saturated carbocycles. The number of rotatable bonds is 6. The van der Waals surface area contributed by atoms with Crippen molar-refractivity contribution >= 4 is 16.8 Å². The van der Waals surface area contributed by atoms with Crippen LogP contribution in [0.25, 0.3) is 10.9 Å². The molecule has 2 atom stereocenters. The Morgan fingerprint density at radius 3 is 2.87 bits per heavy atom. The predicted octanol–water partition coefficient (Wildman–Crippen LogP) is 3.55. The third kappa shape index (κ3) is 4.31. The molecule has 156 valence electrons. The van der Waals surface area contributed by atoms with Crippen molar-refractivity contribution in [1.29, 1.82) is 0 Å². The first-order chi connectivity index (χ1) is 14.5. The van der Waals surface area contributed by atoms with Crippen LogP contribution < -0.4 is 4.74 Å². The molecule has 4 rings (SSSR count). The smallest absolute Gasteiger partial charge is 0.223 e. The maximum Gasteiger partial charge on any atom is 0.223 e. The Morgan fingerprint density at radius 2 is 2.03 bits per heavy atom. The summed E-state index contributed by atoms with van der Waals surface area (Å²) in [5.41, 5.74) is 4.31. The summed E-state index contributed by atoms with van der Waals surface area (Å²) in [4.78, 5) is 19.0. The van der Waals surface area contributed by atoms with E-state index in [1.807, 2.05) is 60.5 Å². The second-order valence-corrected chi connectivity index (χ2v) is 8.12. The second-order valence-electron chi connectivity index (χ2n) is 8.12. The van der Waals surface area contributed by atoms with Gasteiger partial charge in [0.25, 0.3) is 0 Å². The topological polar surface area (TPSA) is 62.7 Å². The summed E-state index contributed by atoms with van der Waals surface area (Å²) in [6.45, 7) is 3.00. The molecule has 3 aromatic rings. The summed E-state index contributed by atoms with van der Waals surface area (Å²) < 4.78 is 5.37. The number of likely N-dealkylation sites (tertiary alicyclic amines) is 1. The van der Waals surface area contributed by atoms with E-state index >= 15 is 0 Å². The second kappa shape index (κ2) is 8.84. The number of carbonyl (C=O) groups excluding carboxylic acids is 1.